The molecule has 5 nitrogen and oxygen atoms in total. The van der Waals surface area contributed by atoms with Crippen molar-refractivity contribution >= 4 is 5.95 Å². The minimum absolute atomic E-state index is 0.262. The Morgan fingerprint density at radius 2 is 1.96 bits per heavy atom. The van der Waals surface area contributed by atoms with Gasteiger partial charge in [-0.05, 0) is 37.5 Å². The van der Waals surface area contributed by atoms with Crippen molar-refractivity contribution in [2.24, 2.45) is 0 Å². The first-order chi connectivity index (χ1) is 11.7. The van der Waals surface area contributed by atoms with Crippen LogP contribution in [0.1, 0.15) is 17.5 Å². The number of aromatic nitrogens is 3. The number of hydrogen-bond acceptors (Lipinski definition) is 4. The van der Waals surface area contributed by atoms with Crippen LogP contribution >= 0.6 is 0 Å². The van der Waals surface area contributed by atoms with Crippen LogP contribution in [0.5, 0.6) is 0 Å². The van der Waals surface area contributed by atoms with Crippen LogP contribution in [0.2, 0.25) is 0 Å². The molecule has 122 valence electrons. The molecule has 3 aromatic rings. The number of hydrogen-bond donors (Lipinski definition) is 2. The van der Waals surface area contributed by atoms with E-state index < -0.39 is 0 Å². The number of nitrogens with one attached hydrogen (secondary N) is 2. The third-order valence-electron chi connectivity index (χ3n) is 3.75. The van der Waals surface area contributed by atoms with Crippen molar-refractivity contribution in [1.82, 2.24) is 15.0 Å². The Hall–Kier alpha value is -2.95. The Morgan fingerprint density at radius 1 is 1.12 bits per heavy atom. The summed E-state index contributed by atoms with van der Waals surface area (Å²) >= 11 is 0. The number of nitrogens with zero attached hydrogens (tertiary/aromatic N) is 2. The third-order valence-corrected chi connectivity index (χ3v) is 3.75. The lowest BCUT2D eigenvalue weighted by Gasteiger charge is -2.08. The SMILES string of the molecule is Cc1cccc(CCCNc2nc(=O)cc(-c3ccncc3)[nH]2)c1. The van der Waals surface area contributed by atoms with Crippen molar-refractivity contribution in [3.05, 3.63) is 76.3 Å². The standard InChI is InChI=1S/C19H20N4O/c1-14-4-2-5-15(12-14)6-3-9-21-19-22-17(13-18(24)23-19)16-7-10-20-11-8-16/h2,4-5,7-8,10-13H,3,6,9H2,1H3,(H2,21,22,23,24). The Labute approximate surface area is 140 Å². The fourth-order valence-electron chi connectivity index (χ4n) is 2.60. The zero-order valence-electron chi connectivity index (χ0n) is 13.6. The number of H-pyrrole nitrogens is 1. The normalized spacial score (nSPS) is 10.5. The van der Waals surface area contributed by atoms with E-state index in [4.69, 9.17) is 0 Å². The Bertz CT molecular complexity index is 858. The molecule has 0 aliphatic heterocycles. The van der Waals surface area contributed by atoms with Crippen LogP contribution in [-0.4, -0.2) is 21.5 Å². The Kier molecular flexibility index (Phi) is 5.01. The summed E-state index contributed by atoms with van der Waals surface area (Å²) in [7, 11) is 0. The van der Waals surface area contributed by atoms with Crippen molar-refractivity contribution in [3.8, 4) is 11.3 Å². The fraction of sp³-hybridized carbons (Fsp3) is 0.211. The smallest absolute Gasteiger partial charge is 0.275 e. The van der Waals surface area contributed by atoms with E-state index in [1.54, 1.807) is 12.4 Å². The molecule has 0 amide bonds. The van der Waals surface area contributed by atoms with Gasteiger partial charge in [-0.3, -0.25) is 9.78 Å². The molecule has 24 heavy (non-hydrogen) atoms. The molecule has 0 fully saturated rings. The van der Waals surface area contributed by atoms with Gasteiger partial charge in [0.25, 0.3) is 5.56 Å². The minimum Gasteiger partial charge on any atom is -0.356 e. The quantitative estimate of drug-likeness (QED) is 0.684. The van der Waals surface area contributed by atoms with E-state index in [9.17, 15) is 4.79 Å². The molecule has 0 bridgehead atoms. The van der Waals surface area contributed by atoms with Crippen LogP contribution in [0.25, 0.3) is 11.3 Å². The second-order valence-corrected chi connectivity index (χ2v) is 5.74. The van der Waals surface area contributed by atoms with Gasteiger partial charge in [-0.1, -0.05) is 29.8 Å². The van der Waals surface area contributed by atoms with Gasteiger partial charge in [0, 0.05) is 30.6 Å². The molecule has 0 saturated heterocycles. The summed E-state index contributed by atoms with van der Waals surface area (Å²) in [4.78, 5) is 22.9. The van der Waals surface area contributed by atoms with E-state index >= 15 is 0 Å². The molecule has 0 unspecified atom stereocenters. The van der Waals surface area contributed by atoms with Crippen LogP contribution in [-0.2, 0) is 6.42 Å². The topological polar surface area (TPSA) is 70.7 Å². The molecule has 1 aromatic carbocycles. The van der Waals surface area contributed by atoms with Crippen LogP contribution in [0.4, 0.5) is 5.95 Å². The predicted molar refractivity (Wildman–Crippen MR) is 96.1 cm³/mol. The summed E-state index contributed by atoms with van der Waals surface area (Å²) in [5, 5.41) is 3.20. The molecular formula is C19H20N4O. The fourth-order valence-corrected chi connectivity index (χ4v) is 2.60. The number of aryl methyl sites for hydroxylation is 2. The van der Waals surface area contributed by atoms with Gasteiger partial charge in [0.05, 0.1) is 5.69 Å². The second-order valence-electron chi connectivity index (χ2n) is 5.74. The first kappa shape index (κ1) is 15.9. The molecule has 0 aliphatic carbocycles. The highest BCUT2D eigenvalue weighted by molar-refractivity contribution is 5.58. The summed E-state index contributed by atoms with van der Waals surface area (Å²) in [6.07, 6.45) is 5.35. The molecule has 5 heteroatoms. The summed E-state index contributed by atoms with van der Waals surface area (Å²) in [6, 6.07) is 13.7. The second kappa shape index (κ2) is 7.55. The van der Waals surface area contributed by atoms with Crippen molar-refractivity contribution < 1.29 is 0 Å². The van der Waals surface area contributed by atoms with Gasteiger partial charge >= 0.3 is 0 Å². The van der Waals surface area contributed by atoms with Gasteiger partial charge in [0.15, 0.2) is 0 Å². The van der Waals surface area contributed by atoms with E-state index in [1.165, 1.54) is 17.2 Å². The summed E-state index contributed by atoms with van der Waals surface area (Å²) in [5.41, 5.74) is 3.98. The van der Waals surface area contributed by atoms with Crippen molar-refractivity contribution in [2.45, 2.75) is 19.8 Å². The third kappa shape index (κ3) is 4.29. The first-order valence-corrected chi connectivity index (χ1v) is 8.02. The molecule has 0 spiro atoms. The monoisotopic (exact) mass is 320 g/mol. The maximum atomic E-state index is 11.8. The maximum Gasteiger partial charge on any atom is 0.275 e. The molecule has 3 rings (SSSR count). The highest BCUT2D eigenvalue weighted by Gasteiger charge is 2.03. The van der Waals surface area contributed by atoms with Crippen molar-refractivity contribution in [3.63, 3.8) is 0 Å². The molecule has 0 radical (unpaired) electrons. The number of aromatic amines is 1. The molecule has 0 atom stereocenters. The Morgan fingerprint density at radius 3 is 2.75 bits per heavy atom. The zero-order valence-corrected chi connectivity index (χ0v) is 13.6. The van der Waals surface area contributed by atoms with E-state index in [0.29, 0.717) is 5.95 Å². The van der Waals surface area contributed by atoms with Crippen molar-refractivity contribution in [2.75, 3.05) is 11.9 Å². The lowest BCUT2D eigenvalue weighted by molar-refractivity contribution is 0.851. The molecular weight excluding hydrogens is 300 g/mol. The van der Waals surface area contributed by atoms with Crippen LogP contribution in [0.15, 0.2) is 59.7 Å². The van der Waals surface area contributed by atoms with Crippen LogP contribution < -0.4 is 10.9 Å². The maximum absolute atomic E-state index is 11.8. The van der Waals surface area contributed by atoms with E-state index in [-0.39, 0.29) is 5.56 Å². The predicted octanol–water partition coefficient (Wildman–Crippen LogP) is 3.19. The summed E-state index contributed by atoms with van der Waals surface area (Å²) in [5.74, 6) is 0.499. The molecule has 0 aliphatic rings. The number of anilines is 1. The minimum atomic E-state index is -0.262. The van der Waals surface area contributed by atoms with Crippen LogP contribution in [0.3, 0.4) is 0 Å². The van der Waals surface area contributed by atoms with Crippen molar-refractivity contribution in [1.29, 1.82) is 0 Å². The van der Waals surface area contributed by atoms with Crippen LogP contribution in [0, 0.1) is 6.92 Å². The lowest BCUT2D eigenvalue weighted by Crippen LogP contribution is -2.14. The molecule has 2 heterocycles. The summed E-state index contributed by atoms with van der Waals surface area (Å²) in [6.45, 7) is 2.84. The number of rotatable bonds is 6. The molecule has 0 saturated carbocycles. The van der Waals surface area contributed by atoms with Gasteiger partial charge in [0.2, 0.25) is 5.95 Å². The average molecular weight is 320 g/mol. The lowest BCUT2D eigenvalue weighted by atomic mass is 10.1. The van der Waals surface area contributed by atoms with Gasteiger partial charge in [-0.15, -0.1) is 0 Å². The molecule has 2 N–H and O–H groups in total. The van der Waals surface area contributed by atoms with E-state index in [0.717, 1.165) is 30.6 Å². The molecule has 2 aromatic heterocycles. The van der Waals surface area contributed by atoms with Gasteiger partial charge in [0.1, 0.15) is 0 Å². The van der Waals surface area contributed by atoms with Gasteiger partial charge in [-0.25, -0.2) is 0 Å². The number of benzene rings is 1. The van der Waals surface area contributed by atoms with Gasteiger partial charge in [-0.2, -0.15) is 4.98 Å². The average Bonchev–Trinajstić information content (AvgIpc) is 2.59. The van der Waals surface area contributed by atoms with Gasteiger partial charge < -0.3 is 10.3 Å². The summed E-state index contributed by atoms with van der Waals surface area (Å²) < 4.78 is 0. The van der Waals surface area contributed by atoms with E-state index in [1.807, 2.05) is 12.1 Å². The highest BCUT2D eigenvalue weighted by atomic mass is 16.1. The largest absolute Gasteiger partial charge is 0.356 e. The zero-order chi connectivity index (χ0) is 16.8. The first-order valence-electron chi connectivity index (χ1n) is 8.02. The Balaban J connectivity index is 1.61. The number of pyridine rings is 1. The van der Waals surface area contributed by atoms with E-state index in [2.05, 4.69) is 51.5 Å². The highest BCUT2D eigenvalue weighted by Crippen LogP contribution is 2.14.